The quantitative estimate of drug-likeness (QED) is 0.596. The molecule has 0 aliphatic carbocycles. The van der Waals surface area contributed by atoms with Crippen molar-refractivity contribution >= 4 is 10.0 Å². The second kappa shape index (κ2) is 3.90. The number of hydrogen-bond donors (Lipinski definition) is 1. The van der Waals surface area contributed by atoms with Crippen LogP contribution in [0.25, 0.3) is 0 Å². The lowest BCUT2D eigenvalue weighted by molar-refractivity contribution is 0.408. The fourth-order valence-corrected chi connectivity index (χ4v) is 1.11. The lowest BCUT2D eigenvalue weighted by atomic mass is 10.5. The zero-order valence-electron chi connectivity index (χ0n) is 6.37. The van der Waals surface area contributed by atoms with Crippen molar-refractivity contribution in [3.05, 3.63) is 0 Å². The zero-order chi connectivity index (χ0) is 8.20. The Morgan fingerprint density at radius 1 is 1.40 bits per heavy atom. The van der Waals surface area contributed by atoms with Crippen molar-refractivity contribution in [2.45, 2.75) is 6.42 Å². The van der Waals surface area contributed by atoms with Crippen LogP contribution in [0.15, 0.2) is 0 Å². The molecule has 2 N–H and O–H groups in total. The van der Waals surface area contributed by atoms with E-state index in [2.05, 4.69) is 0 Å². The van der Waals surface area contributed by atoms with Crippen molar-refractivity contribution < 1.29 is 8.42 Å². The first-order valence-electron chi connectivity index (χ1n) is 3.07. The van der Waals surface area contributed by atoms with Gasteiger partial charge in [0.1, 0.15) is 0 Å². The van der Waals surface area contributed by atoms with Gasteiger partial charge in [0.05, 0.1) is 5.75 Å². The second-order valence-corrected chi connectivity index (χ2v) is 4.26. The molecule has 0 amide bonds. The molecule has 0 heterocycles. The molecule has 0 radical (unpaired) electrons. The predicted octanol–water partition coefficient (Wildman–Crippen LogP) is -0.773. The van der Waals surface area contributed by atoms with E-state index in [4.69, 9.17) is 5.14 Å². The minimum Gasteiger partial charge on any atom is -0.309 e. The van der Waals surface area contributed by atoms with Crippen LogP contribution in [0.3, 0.4) is 0 Å². The van der Waals surface area contributed by atoms with E-state index in [0.717, 1.165) is 6.54 Å². The van der Waals surface area contributed by atoms with Gasteiger partial charge in [0.2, 0.25) is 10.0 Å². The molecule has 0 aromatic carbocycles. The maximum absolute atomic E-state index is 10.4. The highest BCUT2D eigenvalue weighted by Gasteiger charge is 2.01. The molecule has 0 aromatic rings. The van der Waals surface area contributed by atoms with Crippen molar-refractivity contribution in [1.29, 1.82) is 0 Å². The Morgan fingerprint density at radius 3 is 2.20 bits per heavy atom. The largest absolute Gasteiger partial charge is 0.309 e. The van der Waals surface area contributed by atoms with E-state index in [1.165, 1.54) is 0 Å². The summed E-state index contributed by atoms with van der Waals surface area (Å²) in [6.07, 6.45) is 0.603. The third-order valence-electron chi connectivity index (χ3n) is 1.03. The van der Waals surface area contributed by atoms with Crippen LogP contribution in [0.1, 0.15) is 6.42 Å². The SMILES string of the molecule is CN(C)CCCS(N)(=O)=O. The average Bonchev–Trinajstić information content (AvgIpc) is 1.59. The van der Waals surface area contributed by atoms with Gasteiger partial charge in [0.15, 0.2) is 0 Å². The molecular weight excluding hydrogens is 152 g/mol. The number of rotatable bonds is 4. The number of nitrogens with two attached hydrogens (primary N) is 1. The number of primary sulfonamides is 1. The van der Waals surface area contributed by atoms with Gasteiger partial charge in [-0.1, -0.05) is 0 Å². The molecule has 0 fully saturated rings. The third kappa shape index (κ3) is 7.87. The molecule has 4 nitrogen and oxygen atoms in total. The van der Waals surface area contributed by atoms with Gasteiger partial charge in [-0.05, 0) is 27.1 Å². The van der Waals surface area contributed by atoms with Crippen LogP contribution in [0.2, 0.25) is 0 Å². The summed E-state index contributed by atoms with van der Waals surface area (Å²) in [4.78, 5) is 1.92. The Balaban J connectivity index is 3.39. The van der Waals surface area contributed by atoms with Gasteiger partial charge in [-0.25, -0.2) is 13.6 Å². The monoisotopic (exact) mass is 166 g/mol. The summed E-state index contributed by atoms with van der Waals surface area (Å²) in [5.41, 5.74) is 0. The first-order chi connectivity index (χ1) is 4.42. The molecule has 0 aliphatic heterocycles. The number of sulfonamides is 1. The molecule has 0 saturated carbocycles. The van der Waals surface area contributed by atoms with Crippen molar-refractivity contribution in [3.8, 4) is 0 Å². The molecule has 5 heteroatoms. The van der Waals surface area contributed by atoms with E-state index in [1.54, 1.807) is 0 Å². The van der Waals surface area contributed by atoms with Crippen molar-refractivity contribution in [2.24, 2.45) is 5.14 Å². The maximum atomic E-state index is 10.4. The smallest absolute Gasteiger partial charge is 0.209 e. The minimum atomic E-state index is -3.25. The van der Waals surface area contributed by atoms with E-state index in [9.17, 15) is 8.42 Å². The minimum absolute atomic E-state index is 0.0746. The number of nitrogens with zero attached hydrogens (tertiary/aromatic N) is 1. The van der Waals surface area contributed by atoms with Gasteiger partial charge in [-0.15, -0.1) is 0 Å². The van der Waals surface area contributed by atoms with Gasteiger partial charge in [-0.3, -0.25) is 0 Å². The van der Waals surface area contributed by atoms with Crippen LogP contribution < -0.4 is 5.14 Å². The Labute approximate surface area is 62.1 Å². The average molecular weight is 166 g/mol. The number of hydrogen-bond acceptors (Lipinski definition) is 3. The Bertz CT molecular complexity index is 174. The van der Waals surface area contributed by atoms with E-state index in [0.29, 0.717) is 6.42 Å². The summed E-state index contributed by atoms with van der Waals surface area (Å²) in [5.74, 6) is 0.0746. The summed E-state index contributed by atoms with van der Waals surface area (Å²) >= 11 is 0. The second-order valence-electron chi connectivity index (χ2n) is 2.52. The Hall–Kier alpha value is -0.130. The van der Waals surface area contributed by atoms with Crippen LogP contribution in [-0.2, 0) is 10.0 Å². The molecule has 10 heavy (non-hydrogen) atoms. The summed E-state index contributed by atoms with van der Waals surface area (Å²) < 4.78 is 20.7. The maximum Gasteiger partial charge on any atom is 0.209 e. The highest BCUT2D eigenvalue weighted by molar-refractivity contribution is 7.89. The molecule has 0 aromatic heterocycles. The van der Waals surface area contributed by atoms with Crippen LogP contribution in [-0.4, -0.2) is 39.7 Å². The fourth-order valence-electron chi connectivity index (χ4n) is 0.582. The van der Waals surface area contributed by atoms with E-state index in [1.807, 2.05) is 19.0 Å². The molecular formula is C5H14N2O2S. The van der Waals surface area contributed by atoms with Crippen molar-refractivity contribution in [2.75, 3.05) is 26.4 Å². The molecule has 62 valence electrons. The van der Waals surface area contributed by atoms with Gasteiger partial charge in [0.25, 0.3) is 0 Å². The van der Waals surface area contributed by atoms with Gasteiger partial charge < -0.3 is 4.90 Å². The highest BCUT2D eigenvalue weighted by atomic mass is 32.2. The Kier molecular flexibility index (Phi) is 3.85. The molecule has 0 atom stereocenters. The van der Waals surface area contributed by atoms with Crippen LogP contribution in [0, 0.1) is 0 Å². The Morgan fingerprint density at radius 2 is 1.90 bits per heavy atom. The van der Waals surface area contributed by atoms with Crippen LogP contribution in [0.4, 0.5) is 0 Å². The van der Waals surface area contributed by atoms with E-state index < -0.39 is 10.0 Å². The van der Waals surface area contributed by atoms with E-state index in [-0.39, 0.29) is 5.75 Å². The summed E-state index contributed by atoms with van der Waals surface area (Å²) in [5, 5.41) is 4.78. The predicted molar refractivity (Wildman–Crippen MR) is 41.1 cm³/mol. The molecule has 0 saturated heterocycles. The topological polar surface area (TPSA) is 63.4 Å². The molecule has 0 rings (SSSR count). The van der Waals surface area contributed by atoms with Gasteiger partial charge >= 0.3 is 0 Å². The molecule has 0 spiro atoms. The first kappa shape index (κ1) is 9.87. The van der Waals surface area contributed by atoms with Crippen LogP contribution >= 0.6 is 0 Å². The summed E-state index contributed by atoms with van der Waals surface area (Å²) in [6.45, 7) is 0.760. The van der Waals surface area contributed by atoms with Crippen molar-refractivity contribution in [1.82, 2.24) is 4.90 Å². The molecule has 0 aliphatic rings. The molecule has 0 unspecified atom stereocenters. The lowest BCUT2D eigenvalue weighted by Gasteiger charge is -2.07. The van der Waals surface area contributed by atoms with Gasteiger partial charge in [-0.2, -0.15) is 0 Å². The van der Waals surface area contributed by atoms with E-state index >= 15 is 0 Å². The van der Waals surface area contributed by atoms with Crippen molar-refractivity contribution in [3.63, 3.8) is 0 Å². The zero-order valence-corrected chi connectivity index (χ0v) is 7.19. The van der Waals surface area contributed by atoms with Crippen LogP contribution in [0.5, 0.6) is 0 Å². The molecule has 0 bridgehead atoms. The third-order valence-corrected chi connectivity index (χ3v) is 1.89. The highest BCUT2D eigenvalue weighted by Crippen LogP contribution is 1.86. The standard InChI is InChI=1S/C5H14N2O2S/c1-7(2)4-3-5-10(6,8)9/h3-5H2,1-2H3,(H2,6,8,9). The normalized spacial score (nSPS) is 12.4. The van der Waals surface area contributed by atoms with Gasteiger partial charge in [0, 0.05) is 0 Å². The lowest BCUT2D eigenvalue weighted by Crippen LogP contribution is -2.21. The first-order valence-corrected chi connectivity index (χ1v) is 4.78. The fraction of sp³-hybridized carbons (Fsp3) is 1.00. The summed E-state index contributed by atoms with van der Waals surface area (Å²) in [6, 6.07) is 0. The summed E-state index contributed by atoms with van der Waals surface area (Å²) in [7, 11) is 0.538.